The summed E-state index contributed by atoms with van der Waals surface area (Å²) in [5, 5.41) is 12.5. The average Bonchev–Trinajstić information content (AvgIpc) is 2.84. The van der Waals surface area contributed by atoms with E-state index in [0.717, 1.165) is 16.7 Å². The van der Waals surface area contributed by atoms with Gasteiger partial charge in [0.05, 0.1) is 5.75 Å². The summed E-state index contributed by atoms with van der Waals surface area (Å²) in [6.07, 6.45) is 0. The monoisotopic (exact) mass is 300 g/mol. The Balaban J connectivity index is 1.86. The molecule has 2 aromatic rings. The number of halogens is 1. The van der Waals surface area contributed by atoms with Gasteiger partial charge in [0.2, 0.25) is 0 Å². The molecule has 100 valence electrons. The Hall–Kier alpha value is -1.54. The molecule has 0 unspecified atom stereocenters. The van der Waals surface area contributed by atoms with Crippen LogP contribution in [0.5, 0.6) is 0 Å². The molecule has 0 saturated heterocycles. The topological polar surface area (TPSA) is 76.2 Å². The van der Waals surface area contributed by atoms with Gasteiger partial charge >= 0.3 is 5.97 Å². The van der Waals surface area contributed by atoms with E-state index >= 15 is 0 Å². The highest BCUT2D eigenvalue weighted by atomic mass is 32.2. The molecule has 1 aromatic carbocycles. The molecule has 0 aliphatic heterocycles. The maximum absolute atomic E-state index is 12.7. The van der Waals surface area contributed by atoms with Crippen molar-refractivity contribution in [1.82, 2.24) is 10.1 Å². The molecule has 0 aliphatic rings. The Labute approximate surface area is 116 Å². The zero-order valence-electron chi connectivity index (χ0n) is 9.58. The molecule has 0 amide bonds. The standard InChI is InChI=1S/C11H9FN2O3S2/c12-7-1-3-8(4-2-7)18-5-9-13-11(17-14-9)19-6-10(15)16/h1-4H,5-6H2,(H,15,16). The fourth-order valence-electron chi connectivity index (χ4n) is 1.16. The van der Waals surface area contributed by atoms with E-state index in [1.165, 1.54) is 23.9 Å². The minimum Gasteiger partial charge on any atom is -0.481 e. The van der Waals surface area contributed by atoms with E-state index in [1.54, 1.807) is 12.1 Å². The molecule has 2 rings (SSSR count). The van der Waals surface area contributed by atoms with Gasteiger partial charge in [-0.3, -0.25) is 4.79 Å². The first-order valence-corrected chi connectivity index (χ1v) is 7.16. The lowest BCUT2D eigenvalue weighted by molar-refractivity contribution is -0.133. The molecule has 0 radical (unpaired) electrons. The van der Waals surface area contributed by atoms with E-state index in [-0.39, 0.29) is 16.8 Å². The fraction of sp³-hybridized carbons (Fsp3) is 0.182. The van der Waals surface area contributed by atoms with Gasteiger partial charge in [-0.2, -0.15) is 4.98 Å². The van der Waals surface area contributed by atoms with Crippen molar-refractivity contribution >= 4 is 29.5 Å². The molecule has 0 bridgehead atoms. The van der Waals surface area contributed by atoms with Gasteiger partial charge in [-0.05, 0) is 24.3 Å². The summed E-state index contributed by atoms with van der Waals surface area (Å²) >= 11 is 2.42. The summed E-state index contributed by atoms with van der Waals surface area (Å²) in [7, 11) is 0. The molecule has 0 fully saturated rings. The van der Waals surface area contributed by atoms with Gasteiger partial charge in [0.1, 0.15) is 11.6 Å². The number of thioether (sulfide) groups is 2. The Morgan fingerprint density at radius 2 is 2.05 bits per heavy atom. The van der Waals surface area contributed by atoms with Gasteiger partial charge in [-0.25, -0.2) is 4.39 Å². The van der Waals surface area contributed by atoms with Crippen molar-refractivity contribution in [3.8, 4) is 0 Å². The number of aromatic nitrogens is 2. The number of carbonyl (C=O) groups is 1. The number of hydrogen-bond acceptors (Lipinski definition) is 6. The third kappa shape index (κ3) is 4.56. The zero-order valence-corrected chi connectivity index (χ0v) is 11.2. The van der Waals surface area contributed by atoms with Gasteiger partial charge in [0, 0.05) is 4.90 Å². The first-order valence-electron chi connectivity index (χ1n) is 5.19. The second kappa shape index (κ2) is 6.58. The van der Waals surface area contributed by atoms with Crippen LogP contribution in [-0.2, 0) is 10.5 Å². The molecule has 1 heterocycles. The predicted molar refractivity (Wildman–Crippen MR) is 68.6 cm³/mol. The van der Waals surface area contributed by atoms with Crippen molar-refractivity contribution in [3.05, 3.63) is 35.9 Å². The zero-order chi connectivity index (χ0) is 13.7. The highest BCUT2D eigenvalue weighted by Crippen LogP contribution is 2.23. The fourth-order valence-corrected chi connectivity index (χ4v) is 2.41. The first kappa shape index (κ1) is 13.9. The van der Waals surface area contributed by atoms with Crippen LogP contribution >= 0.6 is 23.5 Å². The van der Waals surface area contributed by atoms with Gasteiger partial charge in [-0.15, -0.1) is 11.8 Å². The molecule has 8 heteroatoms. The quantitative estimate of drug-likeness (QED) is 0.822. The third-order valence-electron chi connectivity index (χ3n) is 1.95. The van der Waals surface area contributed by atoms with Crippen molar-refractivity contribution in [2.45, 2.75) is 15.9 Å². The number of carboxylic acids is 1. The minimum atomic E-state index is -0.939. The van der Waals surface area contributed by atoms with Crippen LogP contribution in [0.1, 0.15) is 5.82 Å². The average molecular weight is 300 g/mol. The summed E-state index contributed by atoms with van der Waals surface area (Å²) in [6.45, 7) is 0. The maximum atomic E-state index is 12.7. The van der Waals surface area contributed by atoms with E-state index < -0.39 is 5.97 Å². The van der Waals surface area contributed by atoms with Crippen molar-refractivity contribution in [1.29, 1.82) is 0 Å². The molecular weight excluding hydrogens is 291 g/mol. The molecule has 0 saturated carbocycles. The van der Waals surface area contributed by atoms with E-state index in [2.05, 4.69) is 10.1 Å². The van der Waals surface area contributed by atoms with Crippen LogP contribution < -0.4 is 0 Å². The Morgan fingerprint density at radius 1 is 1.32 bits per heavy atom. The largest absolute Gasteiger partial charge is 0.481 e. The highest BCUT2D eigenvalue weighted by molar-refractivity contribution is 7.99. The summed E-state index contributed by atoms with van der Waals surface area (Å²) < 4.78 is 17.6. The van der Waals surface area contributed by atoms with Crippen LogP contribution in [0.15, 0.2) is 38.9 Å². The number of aliphatic carboxylic acids is 1. The van der Waals surface area contributed by atoms with E-state index in [0.29, 0.717) is 11.6 Å². The van der Waals surface area contributed by atoms with Crippen LogP contribution in [0.4, 0.5) is 4.39 Å². The minimum absolute atomic E-state index is 0.118. The maximum Gasteiger partial charge on any atom is 0.314 e. The van der Waals surface area contributed by atoms with Gasteiger partial charge < -0.3 is 9.63 Å². The molecule has 1 aromatic heterocycles. The second-order valence-corrected chi connectivity index (χ2v) is 5.38. The Bertz CT molecular complexity index is 559. The molecule has 19 heavy (non-hydrogen) atoms. The SMILES string of the molecule is O=C(O)CSc1nc(CSc2ccc(F)cc2)no1. The first-order chi connectivity index (χ1) is 9.13. The Kier molecular flexibility index (Phi) is 4.80. The van der Waals surface area contributed by atoms with Crippen molar-refractivity contribution in [3.63, 3.8) is 0 Å². The predicted octanol–water partition coefficient (Wildman–Crippen LogP) is 2.68. The van der Waals surface area contributed by atoms with E-state index in [1.807, 2.05) is 0 Å². The summed E-state index contributed by atoms with van der Waals surface area (Å²) in [6, 6.07) is 6.10. The normalized spacial score (nSPS) is 10.6. The lowest BCUT2D eigenvalue weighted by Gasteiger charge is -1.97. The summed E-state index contributed by atoms with van der Waals surface area (Å²) in [4.78, 5) is 15.3. The van der Waals surface area contributed by atoms with Crippen molar-refractivity contribution < 1.29 is 18.8 Å². The molecular formula is C11H9FN2O3S2. The highest BCUT2D eigenvalue weighted by Gasteiger charge is 2.09. The van der Waals surface area contributed by atoms with Gasteiger partial charge in [0.15, 0.2) is 5.82 Å². The second-order valence-electron chi connectivity index (χ2n) is 3.40. The van der Waals surface area contributed by atoms with Gasteiger partial charge in [-0.1, -0.05) is 16.9 Å². The van der Waals surface area contributed by atoms with Crippen LogP contribution in [0.25, 0.3) is 0 Å². The summed E-state index contributed by atoms with van der Waals surface area (Å²) in [5.74, 6) is -0.390. The van der Waals surface area contributed by atoms with Crippen LogP contribution in [0.3, 0.4) is 0 Å². The Morgan fingerprint density at radius 3 is 2.74 bits per heavy atom. The summed E-state index contributed by atoms with van der Waals surface area (Å²) in [5.41, 5.74) is 0. The van der Waals surface area contributed by atoms with E-state index in [9.17, 15) is 9.18 Å². The van der Waals surface area contributed by atoms with Crippen LogP contribution in [0.2, 0.25) is 0 Å². The van der Waals surface area contributed by atoms with Crippen LogP contribution in [0, 0.1) is 5.82 Å². The lowest BCUT2D eigenvalue weighted by atomic mass is 10.4. The van der Waals surface area contributed by atoms with Crippen molar-refractivity contribution in [2.24, 2.45) is 0 Å². The molecule has 1 N–H and O–H groups in total. The molecule has 5 nitrogen and oxygen atoms in total. The smallest absolute Gasteiger partial charge is 0.314 e. The molecule has 0 aliphatic carbocycles. The van der Waals surface area contributed by atoms with Crippen LogP contribution in [-0.4, -0.2) is 27.0 Å². The number of nitrogens with zero attached hydrogens (tertiary/aromatic N) is 2. The van der Waals surface area contributed by atoms with Gasteiger partial charge in [0.25, 0.3) is 5.22 Å². The third-order valence-corrected chi connectivity index (χ3v) is 3.76. The molecule has 0 spiro atoms. The number of hydrogen-bond donors (Lipinski definition) is 1. The molecule has 0 atom stereocenters. The number of benzene rings is 1. The van der Waals surface area contributed by atoms with Crippen molar-refractivity contribution in [2.75, 3.05) is 5.75 Å². The number of rotatable bonds is 6. The number of carboxylic acid groups (broad SMARTS) is 1. The lowest BCUT2D eigenvalue weighted by Crippen LogP contribution is -1.97. The van der Waals surface area contributed by atoms with E-state index in [4.69, 9.17) is 9.63 Å².